The molecule has 6 heteroatoms. The lowest BCUT2D eigenvalue weighted by atomic mass is 10.1. The van der Waals surface area contributed by atoms with Crippen molar-refractivity contribution < 1.29 is 18.7 Å². The van der Waals surface area contributed by atoms with Gasteiger partial charge in [0, 0.05) is 32.3 Å². The van der Waals surface area contributed by atoms with Gasteiger partial charge in [-0.1, -0.05) is 30.3 Å². The molecule has 0 atom stereocenters. The van der Waals surface area contributed by atoms with Crippen LogP contribution in [0.25, 0.3) is 11.1 Å². The third-order valence-corrected chi connectivity index (χ3v) is 6.05. The van der Waals surface area contributed by atoms with Gasteiger partial charge in [-0.15, -0.1) is 0 Å². The number of fused-ring (bicyclic) bond motifs is 1. The lowest BCUT2D eigenvalue weighted by molar-refractivity contribution is 0.0787. The van der Waals surface area contributed by atoms with Crippen LogP contribution in [0.4, 0.5) is 0 Å². The molecule has 6 nitrogen and oxygen atoms in total. The highest BCUT2D eigenvalue weighted by atomic mass is 16.5. The van der Waals surface area contributed by atoms with Gasteiger partial charge in [0.2, 0.25) is 0 Å². The molecule has 0 fully saturated rings. The zero-order valence-electron chi connectivity index (χ0n) is 19.8. The summed E-state index contributed by atoms with van der Waals surface area (Å²) in [5, 5.41) is 0. The first kappa shape index (κ1) is 22.5. The normalized spacial score (nSPS) is 11.1. The van der Waals surface area contributed by atoms with Gasteiger partial charge in [-0.25, -0.2) is 0 Å². The van der Waals surface area contributed by atoms with Crippen molar-refractivity contribution >= 4 is 17.0 Å². The molecule has 0 N–H and O–H groups in total. The van der Waals surface area contributed by atoms with Crippen LogP contribution in [0, 0.1) is 13.8 Å². The number of aryl methyl sites for hydroxylation is 2. The van der Waals surface area contributed by atoms with Crippen molar-refractivity contribution in [2.24, 2.45) is 0 Å². The number of carbonyl (C=O) groups is 1. The molecule has 2 aromatic carbocycles. The molecule has 172 valence electrons. The molecule has 0 bridgehead atoms. The molecular formula is C27H30N2O4. The summed E-state index contributed by atoms with van der Waals surface area (Å²) in [6, 6.07) is 17.9. The van der Waals surface area contributed by atoms with E-state index in [9.17, 15) is 4.79 Å². The van der Waals surface area contributed by atoms with E-state index in [-0.39, 0.29) is 5.91 Å². The van der Waals surface area contributed by atoms with Gasteiger partial charge in [-0.2, -0.15) is 0 Å². The van der Waals surface area contributed by atoms with E-state index in [0.29, 0.717) is 36.7 Å². The number of nitrogens with zero attached hydrogens (tertiary/aromatic N) is 2. The van der Waals surface area contributed by atoms with Crippen LogP contribution in [0.5, 0.6) is 11.5 Å². The number of furan rings is 1. The Hall–Kier alpha value is -3.67. The van der Waals surface area contributed by atoms with Crippen LogP contribution in [0.3, 0.4) is 0 Å². The fourth-order valence-corrected chi connectivity index (χ4v) is 4.10. The van der Waals surface area contributed by atoms with Crippen LogP contribution in [-0.4, -0.2) is 43.2 Å². The van der Waals surface area contributed by atoms with Crippen molar-refractivity contribution in [1.29, 1.82) is 0 Å². The van der Waals surface area contributed by atoms with Gasteiger partial charge in [0.1, 0.15) is 11.5 Å². The van der Waals surface area contributed by atoms with E-state index in [1.54, 1.807) is 19.1 Å². The van der Waals surface area contributed by atoms with Crippen LogP contribution in [0.2, 0.25) is 0 Å². The first-order valence-electron chi connectivity index (χ1n) is 11.0. The molecule has 0 unspecified atom stereocenters. The Labute approximate surface area is 194 Å². The number of benzene rings is 2. The van der Waals surface area contributed by atoms with Crippen molar-refractivity contribution in [3.63, 3.8) is 0 Å². The third kappa shape index (κ3) is 4.60. The monoisotopic (exact) mass is 446 g/mol. The fraction of sp³-hybridized carbons (Fsp3) is 0.296. The Kier molecular flexibility index (Phi) is 6.45. The van der Waals surface area contributed by atoms with Gasteiger partial charge >= 0.3 is 0 Å². The topological polar surface area (TPSA) is 56.8 Å². The predicted octanol–water partition coefficient (Wildman–Crippen LogP) is 5.23. The Balaban J connectivity index is 1.57. The maximum absolute atomic E-state index is 13.5. The van der Waals surface area contributed by atoms with Crippen LogP contribution >= 0.6 is 0 Å². The summed E-state index contributed by atoms with van der Waals surface area (Å²) in [6.07, 6.45) is 0.705. The Bertz CT molecular complexity index is 1280. The summed E-state index contributed by atoms with van der Waals surface area (Å²) in [5.74, 6) is 2.18. The number of aromatic nitrogens is 1. The number of carbonyl (C=O) groups excluding carboxylic acids is 1. The van der Waals surface area contributed by atoms with E-state index >= 15 is 0 Å². The number of likely N-dealkylation sites (N-methyl/N-ethyl adjacent to an activating group) is 1. The number of hydrogen-bond acceptors (Lipinski definition) is 4. The van der Waals surface area contributed by atoms with Crippen LogP contribution in [-0.2, 0) is 13.0 Å². The Morgan fingerprint density at radius 2 is 1.76 bits per heavy atom. The average Bonchev–Trinajstić information content (AvgIpc) is 3.34. The van der Waals surface area contributed by atoms with Gasteiger partial charge < -0.3 is 23.4 Å². The maximum atomic E-state index is 13.5. The Morgan fingerprint density at radius 1 is 1.00 bits per heavy atom. The highest BCUT2D eigenvalue weighted by molar-refractivity contribution is 5.97. The van der Waals surface area contributed by atoms with E-state index in [0.717, 1.165) is 22.4 Å². The first-order chi connectivity index (χ1) is 15.9. The van der Waals surface area contributed by atoms with Crippen LogP contribution in [0.1, 0.15) is 32.9 Å². The summed E-state index contributed by atoms with van der Waals surface area (Å²) >= 11 is 0. The molecule has 4 rings (SSSR count). The smallest absolute Gasteiger partial charge is 0.270 e. The molecule has 2 aromatic heterocycles. The van der Waals surface area contributed by atoms with Gasteiger partial charge in [-0.3, -0.25) is 4.79 Å². The SMILES string of the molecule is COc1ccc(CCN(C)C(=O)c2cc3oc(C)cc3n2Cc2ccccc2C)cc1OC. The van der Waals surface area contributed by atoms with E-state index in [4.69, 9.17) is 13.9 Å². The van der Waals surface area contributed by atoms with Gasteiger partial charge in [0.15, 0.2) is 17.1 Å². The number of ether oxygens (including phenoxy) is 2. The van der Waals surface area contributed by atoms with E-state index in [1.807, 2.05) is 56.4 Å². The lowest BCUT2D eigenvalue weighted by Gasteiger charge is -2.19. The van der Waals surface area contributed by atoms with Crippen molar-refractivity contribution in [3.05, 3.63) is 82.7 Å². The van der Waals surface area contributed by atoms with Gasteiger partial charge in [0.05, 0.1) is 19.7 Å². The largest absolute Gasteiger partial charge is 0.493 e. The minimum absolute atomic E-state index is 0.0342. The number of methoxy groups -OCH3 is 2. The van der Waals surface area contributed by atoms with Gasteiger partial charge in [0.25, 0.3) is 5.91 Å². The molecule has 33 heavy (non-hydrogen) atoms. The second-order valence-corrected chi connectivity index (χ2v) is 8.31. The average molecular weight is 447 g/mol. The molecular weight excluding hydrogens is 416 g/mol. The van der Waals surface area contributed by atoms with Crippen molar-refractivity contribution in [2.45, 2.75) is 26.8 Å². The zero-order chi connectivity index (χ0) is 23.5. The van der Waals surface area contributed by atoms with Crippen LogP contribution < -0.4 is 9.47 Å². The molecule has 0 radical (unpaired) electrons. The van der Waals surface area contributed by atoms with Crippen LogP contribution in [0.15, 0.2) is 59.0 Å². The summed E-state index contributed by atoms with van der Waals surface area (Å²) in [7, 11) is 5.08. The predicted molar refractivity (Wildman–Crippen MR) is 129 cm³/mol. The first-order valence-corrected chi connectivity index (χ1v) is 11.0. The molecule has 0 aliphatic carbocycles. The molecule has 2 heterocycles. The summed E-state index contributed by atoms with van der Waals surface area (Å²) in [6.45, 7) is 5.20. The molecule has 1 amide bonds. The lowest BCUT2D eigenvalue weighted by Crippen LogP contribution is -2.30. The summed E-state index contributed by atoms with van der Waals surface area (Å²) in [5.41, 5.74) is 5.74. The van der Waals surface area contributed by atoms with E-state index in [2.05, 4.69) is 23.6 Å². The molecule has 0 aliphatic heterocycles. The molecule has 4 aromatic rings. The highest BCUT2D eigenvalue weighted by Crippen LogP contribution is 2.28. The fourth-order valence-electron chi connectivity index (χ4n) is 4.10. The van der Waals surface area contributed by atoms with Crippen molar-refractivity contribution in [2.75, 3.05) is 27.8 Å². The van der Waals surface area contributed by atoms with E-state index < -0.39 is 0 Å². The van der Waals surface area contributed by atoms with Crippen molar-refractivity contribution in [3.8, 4) is 11.5 Å². The summed E-state index contributed by atoms with van der Waals surface area (Å²) in [4.78, 5) is 15.2. The molecule has 0 aliphatic rings. The van der Waals surface area contributed by atoms with Gasteiger partial charge in [-0.05, 0) is 49.1 Å². The number of amides is 1. The molecule has 0 saturated heterocycles. The zero-order valence-corrected chi connectivity index (χ0v) is 19.8. The second kappa shape index (κ2) is 9.45. The summed E-state index contributed by atoms with van der Waals surface area (Å²) < 4.78 is 18.6. The Morgan fingerprint density at radius 3 is 2.48 bits per heavy atom. The third-order valence-electron chi connectivity index (χ3n) is 6.05. The quantitative estimate of drug-likeness (QED) is 0.372. The highest BCUT2D eigenvalue weighted by Gasteiger charge is 2.22. The van der Waals surface area contributed by atoms with E-state index in [1.165, 1.54) is 11.1 Å². The maximum Gasteiger partial charge on any atom is 0.270 e. The van der Waals surface area contributed by atoms with Crippen molar-refractivity contribution in [1.82, 2.24) is 9.47 Å². The second-order valence-electron chi connectivity index (χ2n) is 8.31. The molecule has 0 spiro atoms. The number of hydrogen-bond donors (Lipinski definition) is 0. The molecule has 0 saturated carbocycles. The number of rotatable bonds is 8. The standard InChI is InChI=1S/C27H30N2O4/c1-18-8-6-7-9-21(18)17-29-22-14-19(2)33-25(22)16-23(29)27(30)28(3)13-12-20-10-11-24(31-4)26(15-20)32-5/h6-11,14-16H,12-13,17H2,1-5H3. The minimum atomic E-state index is -0.0342. The minimum Gasteiger partial charge on any atom is -0.493 e.